The molecule has 0 bridgehead atoms. The van der Waals surface area contributed by atoms with Crippen molar-refractivity contribution in [2.24, 2.45) is 24.8 Å². The predicted molar refractivity (Wildman–Crippen MR) is 72.8 cm³/mol. The molecule has 17 heavy (non-hydrogen) atoms. The number of aryl methyl sites for hydroxylation is 2. The molecule has 1 aromatic rings. The summed E-state index contributed by atoms with van der Waals surface area (Å²) in [6.07, 6.45) is 0. The summed E-state index contributed by atoms with van der Waals surface area (Å²) in [5.74, 6) is 2.20. The fourth-order valence-electron chi connectivity index (χ4n) is 2.44. The minimum atomic E-state index is 0.732. The lowest BCUT2D eigenvalue weighted by molar-refractivity contribution is 0.275. The SMILES string of the molecule is Cc1cc(CNCC(C(C)C)C(C)C)n(C)n1. The molecule has 0 spiro atoms. The molecule has 0 saturated carbocycles. The van der Waals surface area contributed by atoms with E-state index in [2.05, 4.69) is 44.2 Å². The van der Waals surface area contributed by atoms with Gasteiger partial charge in [0.2, 0.25) is 0 Å². The number of rotatable bonds is 6. The van der Waals surface area contributed by atoms with Crippen LogP contribution in [-0.4, -0.2) is 16.3 Å². The Morgan fingerprint density at radius 1 is 1.24 bits per heavy atom. The molecule has 1 rings (SSSR count). The third kappa shape index (κ3) is 4.15. The van der Waals surface area contributed by atoms with E-state index >= 15 is 0 Å². The molecule has 1 heterocycles. The normalized spacial score (nSPS) is 12.1. The first-order valence-corrected chi connectivity index (χ1v) is 6.62. The quantitative estimate of drug-likeness (QED) is 0.824. The van der Waals surface area contributed by atoms with Gasteiger partial charge in [0.05, 0.1) is 11.4 Å². The van der Waals surface area contributed by atoms with Gasteiger partial charge in [-0.1, -0.05) is 27.7 Å². The fraction of sp³-hybridized carbons (Fsp3) is 0.786. The highest BCUT2D eigenvalue weighted by Crippen LogP contribution is 2.19. The van der Waals surface area contributed by atoms with E-state index in [1.165, 1.54) is 5.69 Å². The van der Waals surface area contributed by atoms with E-state index in [0.29, 0.717) is 0 Å². The summed E-state index contributed by atoms with van der Waals surface area (Å²) in [4.78, 5) is 0. The molecule has 0 aliphatic heterocycles. The lowest BCUT2D eigenvalue weighted by Gasteiger charge is -2.25. The minimum Gasteiger partial charge on any atom is -0.311 e. The molecule has 1 aromatic heterocycles. The van der Waals surface area contributed by atoms with Gasteiger partial charge in [-0.3, -0.25) is 4.68 Å². The zero-order chi connectivity index (χ0) is 13.0. The maximum atomic E-state index is 4.36. The third-order valence-electron chi connectivity index (χ3n) is 3.50. The summed E-state index contributed by atoms with van der Waals surface area (Å²) in [5, 5.41) is 7.91. The first kappa shape index (κ1) is 14.2. The van der Waals surface area contributed by atoms with Crippen molar-refractivity contribution >= 4 is 0 Å². The number of aromatic nitrogens is 2. The molecule has 3 heteroatoms. The van der Waals surface area contributed by atoms with E-state index in [0.717, 1.165) is 36.5 Å². The summed E-state index contributed by atoms with van der Waals surface area (Å²) in [5.41, 5.74) is 2.35. The number of nitrogens with zero attached hydrogens (tertiary/aromatic N) is 2. The van der Waals surface area contributed by atoms with Gasteiger partial charge in [-0.2, -0.15) is 5.10 Å². The van der Waals surface area contributed by atoms with Crippen LogP contribution in [0.3, 0.4) is 0 Å². The first-order chi connectivity index (χ1) is 7.91. The maximum absolute atomic E-state index is 4.36. The smallest absolute Gasteiger partial charge is 0.0597 e. The minimum absolute atomic E-state index is 0.732. The molecule has 0 fully saturated rings. The Morgan fingerprint density at radius 2 is 1.82 bits per heavy atom. The van der Waals surface area contributed by atoms with Crippen molar-refractivity contribution in [3.05, 3.63) is 17.5 Å². The second-order valence-corrected chi connectivity index (χ2v) is 5.68. The summed E-state index contributed by atoms with van der Waals surface area (Å²) >= 11 is 0. The molecule has 1 N–H and O–H groups in total. The maximum Gasteiger partial charge on any atom is 0.0597 e. The monoisotopic (exact) mass is 237 g/mol. The lowest BCUT2D eigenvalue weighted by atomic mass is 9.85. The molecule has 0 aromatic carbocycles. The van der Waals surface area contributed by atoms with Crippen LogP contribution in [0.2, 0.25) is 0 Å². The van der Waals surface area contributed by atoms with Crippen molar-refractivity contribution < 1.29 is 0 Å². The first-order valence-electron chi connectivity index (χ1n) is 6.62. The van der Waals surface area contributed by atoms with Gasteiger partial charge in [0, 0.05) is 13.6 Å². The molecule has 0 amide bonds. The molecule has 0 saturated heterocycles. The van der Waals surface area contributed by atoms with E-state index in [1.807, 2.05) is 18.7 Å². The van der Waals surface area contributed by atoms with Crippen molar-refractivity contribution in [2.45, 2.75) is 41.2 Å². The predicted octanol–water partition coefficient (Wildman–Crippen LogP) is 2.75. The highest BCUT2D eigenvalue weighted by atomic mass is 15.3. The van der Waals surface area contributed by atoms with Crippen molar-refractivity contribution in [1.82, 2.24) is 15.1 Å². The molecule has 0 unspecified atom stereocenters. The van der Waals surface area contributed by atoms with Gasteiger partial charge in [-0.15, -0.1) is 0 Å². The van der Waals surface area contributed by atoms with Crippen molar-refractivity contribution in [2.75, 3.05) is 6.54 Å². The van der Waals surface area contributed by atoms with E-state index in [-0.39, 0.29) is 0 Å². The van der Waals surface area contributed by atoms with Crippen LogP contribution in [0.25, 0.3) is 0 Å². The highest BCUT2D eigenvalue weighted by molar-refractivity contribution is 5.08. The van der Waals surface area contributed by atoms with Crippen LogP contribution in [0.4, 0.5) is 0 Å². The molecule has 0 aliphatic rings. The third-order valence-corrected chi connectivity index (χ3v) is 3.50. The number of nitrogens with one attached hydrogen (secondary N) is 1. The lowest BCUT2D eigenvalue weighted by Crippen LogP contribution is -2.30. The molecule has 0 radical (unpaired) electrons. The fourth-order valence-corrected chi connectivity index (χ4v) is 2.44. The molecule has 3 nitrogen and oxygen atoms in total. The largest absolute Gasteiger partial charge is 0.311 e. The van der Waals surface area contributed by atoms with Crippen LogP contribution >= 0.6 is 0 Å². The van der Waals surface area contributed by atoms with Crippen molar-refractivity contribution in [3.63, 3.8) is 0 Å². The molecule has 0 aliphatic carbocycles. The van der Waals surface area contributed by atoms with Gasteiger partial charge in [0.1, 0.15) is 0 Å². The van der Waals surface area contributed by atoms with E-state index < -0.39 is 0 Å². The van der Waals surface area contributed by atoms with Crippen molar-refractivity contribution in [3.8, 4) is 0 Å². The Kier molecular flexibility index (Phi) is 5.19. The number of hydrogen-bond acceptors (Lipinski definition) is 2. The Bertz CT molecular complexity index is 331. The van der Waals surface area contributed by atoms with Gasteiger partial charge in [0.15, 0.2) is 0 Å². The van der Waals surface area contributed by atoms with Gasteiger partial charge >= 0.3 is 0 Å². The van der Waals surface area contributed by atoms with Crippen LogP contribution in [-0.2, 0) is 13.6 Å². The Balaban J connectivity index is 2.44. The summed E-state index contributed by atoms with van der Waals surface area (Å²) in [6.45, 7) is 13.3. The van der Waals surface area contributed by atoms with Gasteiger partial charge < -0.3 is 5.32 Å². The zero-order valence-electron chi connectivity index (χ0n) is 12.1. The van der Waals surface area contributed by atoms with Crippen LogP contribution in [0.5, 0.6) is 0 Å². The van der Waals surface area contributed by atoms with E-state index in [4.69, 9.17) is 0 Å². The van der Waals surface area contributed by atoms with Gasteiger partial charge in [-0.05, 0) is 37.3 Å². The second kappa shape index (κ2) is 6.20. The van der Waals surface area contributed by atoms with Crippen molar-refractivity contribution in [1.29, 1.82) is 0 Å². The average Bonchev–Trinajstić information content (AvgIpc) is 2.51. The summed E-state index contributed by atoms with van der Waals surface area (Å²) in [7, 11) is 2.01. The van der Waals surface area contributed by atoms with Gasteiger partial charge in [0.25, 0.3) is 0 Å². The van der Waals surface area contributed by atoms with Crippen LogP contribution in [0, 0.1) is 24.7 Å². The van der Waals surface area contributed by atoms with Gasteiger partial charge in [-0.25, -0.2) is 0 Å². The number of hydrogen-bond donors (Lipinski definition) is 1. The van der Waals surface area contributed by atoms with E-state index in [1.54, 1.807) is 0 Å². The average molecular weight is 237 g/mol. The summed E-state index contributed by atoms with van der Waals surface area (Å²) in [6, 6.07) is 2.15. The molecule has 0 atom stereocenters. The summed E-state index contributed by atoms with van der Waals surface area (Å²) < 4.78 is 1.96. The standard InChI is InChI=1S/C14H27N3/c1-10(2)14(11(3)4)9-15-8-13-7-12(5)16-17(13)6/h7,10-11,14-15H,8-9H2,1-6H3. The van der Waals surface area contributed by atoms with Crippen LogP contribution in [0.15, 0.2) is 6.07 Å². The Morgan fingerprint density at radius 3 is 2.24 bits per heavy atom. The topological polar surface area (TPSA) is 29.9 Å². The van der Waals surface area contributed by atoms with Crippen LogP contribution < -0.4 is 5.32 Å². The molecular formula is C14H27N3. The Labute approximate surface area is 106 Å². The highest BCUT2D eigenvalue weighted by Gasteiger charge is 2.16. The Hall–Kier alpha value is -0.830. The molecule has 98 valence electrons. The van der Waals surface area contributed by atoms with E-state index in [9.17, 15) is 0 Å². The van der Waals surface area contributed by atoms with Crippen LogP contribution in [0.1, 0.15) is 39.1 Å². The zero-order valence-corrected chi connectivity index (χ0v) is 12.1. The molecular weight excluding hydrogens is 210 g/mol. The second-order valence-electron chi connectivity index (χ2n) is 5.68.